The summed E-state index contributed by atoms with van der Waals surface area (Å²) in [6.07, 6.45) is 2.48. The second-order valence-corrected chi connectivity index (χ2v) is 6.74. The summed E-state index contributed by atoms with van der Waals surface area (Å²) in [5.41, 5.74) is 0.737. The number of ether oxygens (including phenoxy) is 1. The number of carbonyl (C=O) groups is 1. The number of carbonyl (C=O) groups excluding carboxylic acids is 1. The number of nitrogens with one attached hydrogen (secondary N) is 1. The van der Waals surface area contributed by atoms with E-state index in [9.17, 15) is 13.6 Å². The molecule has 1 atom stereocenters. The Balaban J connectivity index is 1.49. The monoisotopic (exact) mass is 396 g/mol. The lowest BCUT2D eigenvalue weighted by atomic mass is 9.93. The zero-order valence-electron chi connectivity index (χ0n) is 14.4. The lowest BCUT2D eigenvalue weighted by Crippen LogP contribution is -2.52. The molecular weight excluding hydrogens is 378 g/mol. The van der Waals surface area contributed by atoms with Gasteiger partial charge in [0.15, 0.2) is 0 Å². The molecule has 1 aromatic carbocycles. The molecule has 0 saturated carbocycles. The molecule has 0 spiro atoms. The number of nitrogens with zero attached hydrogens (tertiary/aromatic N) is 3. The van der Waals surface area contributed by atoms with E-state index in [1.807, 2.05) is 0 Å². The van der Waals surface area contributed by atoms with Crippen LogP contribution in [0, 0.1) is 5.92 Å². The normalized spacial score (nSPS) is 18.8. The van der Waals surface area contributed by atoms with Gasteiger partial charge in [-0.2, -0.15) is 0 Å². The molecule has 1 aromatic heterocycles. The van der Waals surface area contributed by atoms with E-state index in [0.29, 0.717) is 11.0 Å². The summed E-state index contributed by atoms with van der Waals surface area (Å²) < 4.78 is 34.0. The van der Waals surface area contributed by atoms with E-state index >= 15 is 0 Å². The van der Waals surface area contributed by atoms with E-state index in [2.05, 4.69) is 15.3 Å². The van der Waals surface area contributed by atoms with E-state index in [1.54, 1.807) is 30.3 Å². The number of hydrogen-bond donors (Lipinski definition) is 1. The van der Waals surface area contributed by atoms with Crippen molar-refractivity contribution in [3.63, 3.8) is 0 Å². The molecule has 2 aromatic rings. The van der Waals surface area contributed by atoms with E-state index in [-0.39, 0.29) is 26.1 Å². The number of aromatic nitrogens is 2. The molecule has 27 heavy (non-hydrogen) atoms. The first-order valence-electron chi connectivity index (χ1n) is 8.49. The van der Waals surface area contributed by atoms with E-state index in [0.717, 1.165) is 10.5 Å². The standard InChI is InChI=1S/C18H19ClF2N4O2/c19-15-4-2-13(3-5-15)11-27-17(26)25-9-6-14(18(20,21)12-25)10-24-16-22-7-1-8-23-16/h1-5,7-8,14H,6,9-12H2,(H,22,23,24)/t14-/m0/s1. The van der Waals surface area contributed by atoms with Crippen molar-refractivity contribution in [3.05, 3.63) is 53.3 Å². The quantitative estimate of drug-likeness (QED) is 0.831. The van der Waals surface area contributed by atoms with Gasteiger partial charge in [-0.15, -0.1) is 0 Å². The highest BCUT2D eigenvalue weighted by atomic mass is 35.5. The van der Waals surface area contributed by atoms with Crippen molar-refractivity contribution in [2.75, 3.05) is 25.0 Å². The van der Waals surface area contributed by atoms with Crippen LogP contribution in [0.3, 0.4) is 0 Å². The maximum absolute atomic E-state index is 14.4. The molecular formula is C18H19ClF2N4O2. The molecule has 0 unspecified atom stereocenters. The Morgan fingerprint density at radius 1 is 1.30 bits per heavy atom. The molecule has 1 fully saturated rings. The minimum absolute atomic E-state index is 0.00834. The Labute approximate surface area is 160 Å². The zero-order valence-corrected chi connectivity index (χ0v) is 15.2. The molecule has 1 aliphatic rings. The average molecular weight is 397 g/mol. The van der Waals surface area contributed by atoms with Gasteiger partial charge in [-0.05, 0) is 30.2 Å². The van der Waals surface area contributed by atoms with Crippen LogP contribution in [-0.4, -0.2) is 46.5 Å². The Morgan fingerprint density at radius 2 is 2.00 bits per heavy atom. The first-order valence-corrected chi connectivity index (χ1v) is 8.87. The minimum Gasteiger partial charge on any atom is -0.445 e. The lowest BCUT2D eigenvalue weighted by Gasteiger charge is -2.37. The number of likely N-dealkylation sites (tertiary alicyclic amines) is 1. The van der Waals surface area contributed by atoms with Gasteiger partial charge in [0.05, 0.1) is 6.54 Å². The largest absolute Gasteiger partial charge is 0.445 e. The first kappa shape index (κ1) is 19.3. The lowest BCUT2D eigenvalue weighted by molar-refractivity contribution is -0.102. The van der Waals surface area contributed by atoms with Gasteiger partial charge in [0.1, 0.15) is 6.61 Å². The van der Waals surface area contributed by atoms with Crippen LogP contribution in [0.1, 0.15) is 12.0 Å². The summed E-state index contributed by atoms with van der Waals surface area (Å²) in [4.78, 5) is 21.1. The Kier molecular flexibility index (Phi) is 6.05. The second-order valence-electron chi connectivity index (χ2n) is 6.30. The number of amides is 1. The van der Waals surface area contributed by atoms with Crippen molar-refractivity contribution in [1.29, 1.82) is 0 Å². The summed E-state index contributed by atoms with van der Waals surface area (Å²) in [5, 5.41) is 3.39. The van der Waals surface area contributed by atoms with Gasteiger partial charge < -0.3 is 15.0 Å². The van der Waals surface area contributed by atoms with Gasteiger partial charge in [0.2, 0.25) is 5.95 Å². The van der Waals surface area contributed by atoms with E-state index in [4.69, 9.17) is 16.3 Å². The molecule has 144 valence electrons. The van der Waals surface area contributed by atoms with Crippen LogP contribution in [0.15, 0.2) is 42.7 Å². The van der Waals surface area contributed by atoms with Crippen LogP contribution < -0.4 is 5.32 Å². The molecule has 1 saturated heterocycles. The van der Waals surface area contributed by atoms with Gasteiger partial charge >= 0.3 is 6.09 Å². The van der Waals surface area contributed by atoms with Crippen LogP contribution >= 0.6 is 11.6 Å². The number of hydrogen-bond acceptors (Lipinski definition) is 5. The third-order valence-electron chi connectivity index (χ3n) is 4.35. The maximum Gasteiger partial charge on any atom is 0.410 e. The Morgan fingerprint density at radius 3 is 2.67 bits per heavy atom. The predicted molar refractivity (Wildman–Crippen MR) is 96.8 cm³/mol. The highest BCUT2D eigenvalue weighted by Crippen LogP contribution is 2.33. The Hall–Kier alpha value is -2.48. The van der Waals surface area contributed by atoms with E-state index in [1.165, 1.54) is 12.4 Å². The van der Waals surface area contributed by atoms with Crippen molar-refractivity contribution in [2.24, 2.45) is 5.92 Å². The summed E-state index contributed by atoms with van der Waals surface area (Å²) in [6.45, 7) is -0.426. The number of rotatable bonds is 5. The van der Waals surface area contributed by atoms with E-state index < -0.39 is 24.5 Å². The highest BCUT2D eigenvalue weighted by Gasteiger charge is 2.46. The fourth-order valence-corrected chi connectivity index (χ4v) is 2.94. The molecule has 0 radical (unpaired) electrons. The topological polar surface area (TPSA) is 67.3 Å². The number of alkyl halides is 2. The van der Waals surface area contributed by atoms with Gasteiger partial charge in [-0.25, -0.2) is 23.5 Å². The van der Waals surface area contributed by atoms with Crippen LogP contribution in [-0.2, 0) is 11.3 Å². The van der Waals surface area contributed by atoms with Crippen LogP contribution in [0.4, 0.5) is 19.5 Å². The predicted octanol–water partition coefficient (Wildman–Crippen LogP) is 3.84. The van der Waals surface area contributed by atoms with Crippen LogP contribution in [0.2, 0.25) is 5.02 Å². The summed E-state index contributed by atoms with van der Waals surface area (Å²) >= 11 is 5.79. The number of anilines is 1. The molecule has 2 heterocycles. The molecule has 9 heteroatoms. The first-order chi connectivity index (χ1) is 12.9. The fourth-order valence-electron chi connectivity index (χ4n) is 2.81. The summed E-state index contributed by atoms with van der Waals surface area (Å²) in [6, 6.07) is 8.43. The molecule has 6 nitrogen and oxygen atoms in total. The summed E-state index contributed by atoms with van der Waals surface area (Å²) in [5.74, 6) is -3.64. The number of benzene rings is 1. The van der Waals surface area contributed by atoms with Crippen LogP contribution in [0.25, 0.3) is 0 Å². The van der Waals surface area contributed by atoms with Crippen molar-refractivity contribution in [2.45, 2.75) is 19.0 Å². The molecule has 1 amide bonds. The average Bonchev–Trinajstić information content (AvgIpc) is 2.66. The SMILES string of the molecule is O=C(OCc1ccc(Cl)cc1)N1CC[C@@H](CNc2ncccn2)C(F)(F)C1. The van der Waals surface area contributed by atoms with Crippen molar-refractivity contribution >= 4 is 23.6 Å². The van der Waals surface area contributed by atoms with Crippen molar-refractivity contribution < 1.29 is 18.3 Å². The van der Waals surface area contributed by atoms with Gasteiger partial charge in [-0.1, -0.05) is 23.7 Å². The fraction of sp³-hybridized carbons (Fsp3) is 0.389. The smallest absolute Gasteiger partial charge is 0.410 e. The molecule has 1 aliphatic heterocycles. The van der Waals surface area contributed by atoms with Gasteiger partial charge in [-0.3, -0.25) is 0 Å². The van der Waals surface area contributed by atoms with Crippen molar-refractivity contribution in [3.8, 4) is 0 Å². The third kappa shape index (κ3) is 5.26. The molecule has 0 bridgehead atoms. The minimum atomic E-state index is -3.03. The number of halogens is 3. The highest BCUT2D eigenvalue weighted by molar-refractivity contribution is 6.30. The van der Waals surface area contributed by atoms with Crippen molar-refractivity contribution in [1.82, 2.24) is 14.9 Å². The maximum atomic E-state index is 14.4. The zero-order chi connectivity index (χ0) is 19.3. The van der Waals surface area contributed by atoms with Gasteiger partial charge in [0, 0.05) is 36.4 Å². The second kappa shape index (κ2) is 8.47. The summed E-state index contributed by atoms with van der Waals surface area (Å²) in [7, 11) is 0. The van der Waals surface area contributed by atoms with Gasteiger partial charge in [0.25, 0.3) is 5.92 Å². The number of piperidine rings is 1. The third-order valence-corrected chi connectivity index (χ3v) is 4.60. The Bertz CT molecular complexity index is 762. The van der Waals surface area contributed by atoms with Crippen LogP contribution in [0.5, 0.6) is 0 Å². The molecule has 1 N–H and O–H groups in total. The molecule has 3 rings (SSSR count). The molecule has 0 aliphatic carbocycles.